The Balaban J connectivity index is 0.000000328. The lowest BCUT2D eigenvalue weighted by molar-refractivity contribution is 1.09. The maximum Gasteiger partial charge on any atom is 0.0419 e. The number of nitrogens with two attached hydrogens (primary N) is 1. The summed E-state index contributed by atoms with van der Waals surface area (Å²) in [6, 6.07) is 25.2. The van der Waals surface area contributed by atoms with E-state index in [9.17, 15) is 0 Å². The molecule has 0 aliphatic rings. The maximum atomic E-state index is 5.48. The van der Waals surface area contributed by atoms with Crippen LogP contribution in [0.3, 0.4) is 0 Å². The molecule has 2 nitrogen and oxygen atoms in total. The molecule has 214 valence electrons. The van der Waals surface area contributed by atoms with E-state index in [1.807, 2.05) is 64.1 Å². The Labute approximate surface area is 250 Å². The van der Waals surface area contributed by atoms with Crippen LogP contribution in [-0.4, -0.2) is 5.71 Å². The van der Waals surface area contributed by atoms with Crippen molar-refractivity contribution >= 4 is 16.9 Å². The SMILES string of the molecule is C#CCc1cccc(C(=C)C)c1.C=C(\C=C(C)/N=C(C)\C(C)=C/N)c1ccccc1C.CCc1cccc(CC)c1. The summed E-state index contributed by atoms with van der Waals surface area (Å²) >= 11 is 0. The molecular weight excluding hydrogens is 496 g/mol. The number of aryl methyl sites for hydroxylation is 3. The Hall–Kier alpha value is -4.35. The summed E-state index contributed by atoms with van der Waals surface area (Å²) in [6.45, 7) is 22.3. The molecule has 0 aliphatic heterocycles. The van der Waals surface area contributed by atoms with Gasteiger partial charge in [-0.25, -0.2) is 0 Å². The largest absolute Gasteiger partial charge is 0.404 e. The first-order valence-electron chi connectivity index (χ1n) is 14.2. The van der Waals surface area contributed by atoms with Gasteiger partial charge in [-0.2, -0.15) is 0 Å². The summed E-state index contributed by atoms with van der Waals surface area (Å²) < 4.78 is 0. The monoisotopic (exact) mass is 544 g/mol. The number of rotatable bonds is 8. The number of hydrogen-bond acceptors (Lipinski definition) is 2. The first kappa shape index (κ1) is 34.7. The minimum atomic E-state index is 0.696. The predicted molar refractivity (Wildman–Crippen MR) is 184 cm³/mol. The first-order valence-corrected chi connectivity index (χ1v) is 14.2. The van der Waals surface area contributed by atoms with Crippen molar-refractivity contribution in [1.82, 2.24) is 0 Å². The summed E-state index contributed by atoms with van der Waals surface area (Å²) in [5.74, 6) is 2.62. The number of nitrogens with zero attached hydrogens (tertiary/aromatic N) is 1. The molecule has 0 aromatic heterocycles. The first-order chi connectivity index (χ1) is 19.6. The number of terminal acetylenes is 1. The average Bonchev–Trinajstić information content (AvgIpc) is 2.97. The fourth-order valence-corrected chi connectivity index (χ4v) is 3.90. The third-order valence-electron chi connectivity index (χ3n) is 6.57. The minimum absolute atomic E-state index is 0.696. The second kappa shape index (κ2) is 18.9. The summed E-state index contributed by atoms with van der Waals surface area (Å²) in [4.78, 5) is 4.51. The van der Waals surface area contributed by atoms with E-state index in [1.165, 1.54) is 27.8 Å². The Morgan fingerprint density at radius 2 is 1.44 bits per heavy atom. The highest BCUT2D eigenvalue weighted by atomic mass is 14.7. The number of hydrogen-bond donors (Lipinski definition) is 1. The van der Waals surface area contributed by atoms with E-state index >= 15 is 0 Å². The molecule has 0 amide bonds. The van der Waals surface area contributed by atoms with Gasteiger partial charge in [-0.05, 0) is 104 Å². The van der Waals surface area contributed by atoms with Crippen molar-refractivity contribution < 1.29 is 0 Å². The van der Waals surface area contributed by atoms with Gasteiger partial charge in [-0.15, -0.1) is 12.3 Å². The molecule has 0 fully saturated rings. The normalized spacial score (nSPS) is 11.3. The molecule has 0 bridgehead atoms. The van der Waals surface area contributed by atoms with Crippen LogP contribution in [0.25, 0.3) is 11.1 Å². The molecule has 3 aromatic carbocycles. The lowest BCUT2D eigenvalue weighted by atomic mass is 10.0. The molecule has 0 saturated heterocycles. The van der Waals surface area contributed by atoms with Crippen molar-refractivity contribution in [2.45, 2.75) is 67.7 Å². The molecule has 0 unspecified atom stereocenters. The highest BCUT2D eigenvalue weighted by Crippen LogP contribution is 2.20. The average molecular weight is 545 g/mol. The lowest BCUT2D eigenvalue weighted by Crippen LogP contribution is -1.97. The van der Waals surface area contributed by atoms with Crippen molar-refractivity contribution in [3.63, 3.8) is 0 Å². The fourth-order valence-electron chi connectivity index (χ4n) is 3.90. The van der Waals surface area contributed by atoms with Crippen LogP contribution in [0.2, 0.25) is 0 Å². The lowest BCUT2D eigenvalue weighted by Gasteiger charge is -2.06. The zero-order chi connectivity index (χ0) is 30.8. The molecule has 2 N–H and O–H groups in total. The van der Waals surface area contributed by atoms with Crippen LogP contribution in [0.1, 0.15) is 74.9 Å². The second-order valence-corrected chi connectivity index (χ2v) is 10.1. The minimum Gasteiger partial charge on any atom is -0.404 e. The third-order valence-corrected chi connectivity index (χ3v) is 6.57. The van der Waals surface area contributed by atoms with Gasteiger partial charge in [0, 0.05) is 17.8 Å². The van der Waals surface area contributed by atoms with Crippen LogP contribution in [0.5, 0.6) is 0 Å². The second-order valence-electron chi connectivity index (χ2n) is 10.1. The Kier molecular flexibility index (Phi) is 15.9. The van der Waals surface area contributed by atoms with Gasteiger partial charge in [0.1, 0.15) is 0 Å². The van der Waals surface area contributed by atoms with E-state index in [-0.39, 0.29) is 0 Å². The van der Waals surface area contributed by atoms with E-state index in [4.69, 9.17) is 12.2 Å². The Morgan fingerprint density at radius 1 is 0.854 bits per heavy atom. The van der Waals surface area contributed by atoms with Crippen LogP contribution >= 0.6 is 0 Å². The Bertz CT molecular complexity index is 1400. The van der Waals surface area contributed by atoms with Crippen molar-refractivity contribution in [2.24, 2.45) is 10.7 Å². The molecule has 3 rings (SSSR count). The summed E-state index contributed by atoms with van der Waals surface area (Å²) in [5.41, 5.74) is 18.0. The van der Waals surface area contributed by atoms with E-state index in [2.05, 4.69) is 87.3 Å². The van der Waals surface area contributed by atoms with Crippen LogP contribution < -0.4 is 5.73 Å². The van der Waals surface area contributed by atoms with Gasteiger partial charge in [0.05, 0.1) is 0 Å². The quantitative estimate of drug-likeness (QED) is 0.171. The van der Waals surface area contributed by atoms with Gasteiger partial charge in [0.15, 0.2) is 0 Å². The molecule has 0 aliphatic carbocycles. The third kappa shape index (κ3) is 13.0. The van der Waals surface area contributed by atoms with Gasteiger partial charge in [-0.1, -0.05) is 105 Å². The number of allylic oxidation sites excluding steroid dienone is 5. The molecule has 0 heterocycles. The van der Waals surface area contributed by atoms with E-state index < -0.39 is 0 Å². The van der Waals surface area contributed by atoms with Gasteiger partial charge >= 0.3 is 0 Å². The number of benzene rings is 3. The molecule has 0 atom stereocenters. The summed E-state index contributed by atoms with van der Waals surface area (Å²) in [5, 5.41) is 0. The zero-order valence-corrected chi connectivity index (χ0v) is 26.2. The molecule has 2 heteroatoms. The Morgan fingerprint density at radius 3 is 1.98 bits per heavy atom. The molecule has 41 heavy (non-hydrogen) atoms. The summed E-state index contributed by atoms with van der Waals surface area (Å²) in [7, 11) is 0. The van der Waals surface area contributed by atoms with E-state index in [0.29, 0.717) is 6.42 Å². The molecule has 0 radical (unpaired) electrons. The van der Waals surface area contributed by atoms with Gasteiger partial charge in [-0.3, -0.25) is 4.99 Å². The van der Waals surface area contributed by atoms with Crippen LogP contribution in [-0.2, 0) is 19.3 Å². The molecule has 0 saturated carbocycles. The van der Waals surface area contributed by atoms with Gasteiger partial charge < -0.3 is 5.73 Å². The maximum absolute atomic E-state index is 5.48. The molecule has 0 spiro atoms. The smallest absolute Gasteiger partial charge is 0.0419 e. The topological polar surface area (TPSA) is 38.4 Å². The fraction of sp³-hybridized carbons (Fsp3) is 0.256. The standard InChI is InChI=1S/C17H22N2.C12H12.C10H14/c1-12-8-6-7-9-17(12)13(2)10-15(4)19-16(5)14(3)11-18;1-4-6-11-7-5-8-12(9-11)10(2)3;1-3-9-6-5-7-10(4-2)8-9/h6-11H,2,18H2,1,3-5H3;1,5,7-9H,2,6H2,3H3;5-8H,3-4H2,1-2H3/b14-11-,15-10-,19-16-;;. The molecule has 3 aromatic rings. The van der Waals surface area contributed by atoms with E-state index in [0.717, 1.165) is 46.5 Å². The number of aliphatic imine (C=N–C) groups is 1. The van der Waals surface area contributed by atoms with Crippen molar-refractivity contribution in [3.05, 3.63) is 143 Å². The van der Waals surface area contributed by atoms with Gasteiger partial charge in [0.25, 0.3) is 0 Å². The molecular formula is C39H48N2. The van der Waals surface area contributed by atoms with Crippen LogP contribution in [0, 0.1) is 19.3 Å². The van der Waals surface area contributed by atoms with Crippen molar-refractivity contribution in [2.75, 3.05) is 0 Å². The van der Waals surface area contributed by atoms with Crippen molar-refractivity contribution in [1.29, 1.82) is 0 Å². The van der Waals surface area contributed by atoms with Crippen LogP contribution in [0.15, 0.2) is 114 Å². The van der Waals surface area contributed by atoms with Crippen molar-refractivity contribution in [3.8, 4) is 12.3 Å². The van der Waals surface area contributed by atoms with Gasteiger partial charge in [0.2, 0.25) is 0 Å². The van der Waals surface area contributed by atoms with E-state index in [1.54, 1.807) is 6.20 Å². The predicted octanol–water partition coefficient (Wildman–Crippen LogP) is 9.94. The summed E-state index contributed by atoms with van der Waals surface area (Å²) in [6.07, 6.45) is 11.8. The van der Waals surface area contributed by atoms with Crippen LogP contribution in [0.4, 0.5) is 0 Å². The zero-order valence-electron chi connectivity index (χ0n) is 26.2. The highest BCUT2D eigenvalue weighted by Gasteiger charge is 2.01. The highest BCUT2D eigenvalue weighted by molar-refractivity contribution is 5.98.